The standard InChI is InChI=1S/C29H39N5O4/c1-29(2,3)38-28(37)34-24-11-8-21(17-24)25(34)26(35)31-22(18-30)16-19-4-9-23(10-5-19)32-12-14-33(15-13-32)27(36)20-6-7-20/h4-5,9-10,20-22,24-25H,6-8,11-17H2,1-3H3,(H,31,35)/t21-,22-,24+,25-/m0/s1. The molecule has 204 valence electrons. The number of amides is 3. The molecule has 2 bridgehead atoms. The molecule has 1 aromatic rings. The number of ether oxygens (including phenoxy) is 1. The monoisotopic (exact) mass is 521 g/mol. The summed E-state index contributed by atoms with van der Waals surface area (Å²) in [6.45, 7) is 8.59. The zero-order chi connectivity index (χ0) is 27.0. The van der Waals surface area contributed by atoms with Gasteiger partial charge in [0.05, 0.1) is 6.07 Å². The van der Waals surface area contributed by atoms with Gasteiger partial charge in [0.15, 0.2) is 0 Å². The first-order chi connectivity index (χ1) is 18.1. The molecule has 2 saturated carbocycles. The highest BCUT2D eigenvalue weighted by Gasteiger charge is 2.52. The van der Waals surface area contributed by atoms with Crippen LogP contribution >= 0.6 is 0 Å². The van der Waals surface area contributed by atoms with Gasteiger partial charge < -0.3 is 19.9 Å². The zero-order valence-corrected chi connectivity index (χ0v) is 22.7. The van der Waals surface area contributed by atoms with Crippen LogP contribution in [0, 0.1) is 23.2 Å². The molecule has 4 atom stereocenters. The number of nitrogens with zero attached hydrogens (tertiary/aromatic N) is 4. The second-order valence-corrected chi connectivity index (χ2v) is 12.2. The number of hydrogen-bond donors (Lipinski definition) is 1. The summed E-state index contributed by atoms with van der Waals surface area (Å²) in [6, 6.07) is 9.05. The van der Waals surface area contributed by atoms with E-state index in [1.54, 1.807) is 4.90 Å². The quantitative estimate of drug-likeness (QED) is 0.617. The fourth-order valence-electron chi connectivity index (χ4n) is 6.14. The average molecular weight is 522 g/mol. The van der Waals surface area contributed by atoms with Crippen molar-refractivity contribution in [3.8, 4) is 6.07 Å². The number of fused-ring (bicyclic) bond motifs is 2. The third-order valence-electron chi connectivity index (χ3n) is 8.19. The SMILES string of the molecule is CC(C)(C)OC(=O)N1[C@@H]2CC[C@@H](C2)[C@H]1C(=O)N[C@H](C#N)Cc1ccc(N2CCN(C(=O)C3CC3)CC2)cc1. The Labute approximate surface area is 225 Å². The fraction of sp³-hybridized carbons (Fsp3) is 0.655. The van der Waals surface area contributed by atoms with Crippen LogP contribution in [-0.2, 0) is 20.7 Å². The second-order valence-electron chi connectivity index (χ2n) is 12.2. The van der Waals surface area contributed by atoms with Gasteiger partial charge >= 0.3 is 6.09 Å². The maximum atomic E-state index is 13.3. The third kappa shape index (κ3) is 5.74. The van der Waals surface area contributed by atoms with Crippen molar-refractivity contribution in [2.45, 2.75) is 83.0 Å². The van der Waals surface area contributed by atoms with Crippen molar-refractivity contribution in [2.75, 3.05) is 31.1 Å². The number of piperidine rings is 1. The highest BCUT2D eigenvalue weighted by atomic mass is 16.6. The summed E-state index contributed by atoms with van der Waals surface area (Å²) in [5, 5.41) is 12.7. The first-order valence-electron chi connectivity index (χ1n) is 14.0. The van der Waals surface area contributed by atoms with Gasteiger partial charge in [0, 0.05) is 50.2 Å². The first kappa shape index (κ1) is 26.3. The van der Waals surface area contributed by atoms with Crippen molar-refractivity contribution in [1.29, 1.82) is 5.26 Å². The Bertz CT molecular complexity index is 1100. The lowest BCUT2D eigenvalue weighted by Crippen LogP contribution is -2.55. The molecule has 0 aromatic heterocycles. The number of carbonyl (C=O) groups is 3. The number of benzene rings is 1. The Morgan fingerprint density at radius 2 is 1.74 bits per heavy atom. The molecular weight excluding hydrogens is 482 g/mol. The largest absolute Gasteiger partial charge is 0.444 e. The number of anilines is 1. The topological polar surface area (TPSA) is 106 Å². The van der Waals surface area contributed by atoms with Gasteiger partial charge in [-0.05, 0) is 76.5 Å². The van der Waals surface area contributed by atoms with E-state index in [2.05, 4.69) is 16.3 Å². The van der Waals surface area contributed by atoms with Crippen LogP contribution in [0.2, 0.25) is 0 Å². The van der Waals surface area contributed by atoms with E-state index < -0.39 is 23.8 Å². The summed E-state index contributed by atoms with van der Waals surface area (Å²) in [5.74, 6) is 0.402. The lowest BCUT2D eigenvalue weighted by atomic mass is 9.97. The van der Waals surface area contributed by atoms with Crippen molar-refractivity contribution >= 4 is 23.6 Å². The van der Waals surface area contributed by atoms with E-state index in [0.29, 0.717) is 12.3 Å². The summed E-state index contributed by atoms with van der Waals surface area (Å²) in [4.78, 5) is 44.4. The number of nitriles is 1. The zero-order valence-electron chi connectivity index (χ0n) is 22.7. The molecule has 2 aliphatic carbocycles. The second kappa shape index (κ2) is 10.5. The van der Waals surface area contributed by atoms with Gasteiger partial charge in [-0.15, -0.1) is 0 Å². The molecule has 2 aliphatic heterocycles. The van der Waals surface area contributed by atoms with E-state index in [4.69, 9.17) is 4.74 Å². The van der Waals surface area contributed by atoms with Crippen molar-refractivity contribution in [3.63, 3.8) is 0 Å². The van der Waals surface area contributed by atoms with Crippen LogP contribution in [0.5, 0.6) is 0 Å². The molecule has 2 heterocycles. The summed E-state index contributed by atoms with van der Waals surface area (Å²) in [6.07, 6.45) is 4.60. The molecule has 9 nitrogen and oxygen atoms in total. The van der Waals surface area contributed by atoms with E-state index in [0.717, 1.165) is 69.5 Å². The van der Waals surface area contributed by atoms with Gasteiger partial charge in [-0.25, -0.2) is 4.79 Å². The lowest BCUT2D eigenvalue weighted by molar-refractivity contribution is -0.132. The van der Waals surface area contributed by atoms with E-state index >= 15 is 0 Å². The fourth-order valence-corrected chi connectivity index (χ4v) is 6.14. The maximum Gasteiger partial charge on any atom is 0.411 e. The smallest absolute Gasteiger partial charge is 0.411 e. The molecular formula is C29H39N5O4. The molecule has 0 spiro atoms. The number of rotatable bonds is 6. The van der Waals surface area contributed by atoms with Crippen LogP contribution in [0.15, 0.2) is 24.3 Å². The minimum absolute atomic E-state index is 0.0207. The van der Waals surface area contributed by atoms with Crippen LogP contribution in [0.1, 0.15) is 58.4 Å². The number of carbonyl (C=O) groups excluding carboxylic acids is 3. The predicted octanol–water partition coefficient (Wildman–Crippen LogP) is 3.08. The van der Waals surface area contributed by atoms with Crippen LogP contribution in [0.3, 0.4) is 0 Å². The van der Waals surface area contributed by atoms with E-state index in [9.17, 15) is 19.6 Å². The molecule has 4 aliphatic rings. The average Bonchev–Trinajstić information content (AvgIpc) is 3.54. The molecule has 4 fully saturated rings. The minimum atomic E-state index is -0.690. The van der Waals surface area contributed by atoms with Crippen LogP contribution in [0.25, 0.3) is 0 Å². The van der Waals surface area contributed by atoms with Gasteiger partial charge in [-0.2, -0.15) is 5.26 Å². The van der Waals surface area contributed by atoms with Crippen LogP contribution < -0.4 is 10.2 Å². The first-order valence-corrected chi connectivity index (χ1v) is 14.0. The normalized spacial score (nSPS) is 25.6. The Kier molecular flexibility index (Phi) is 7.26. The van der Waals surface area contributed by atoms with E-state index in [1.165, 1.54) is 0 Å². The van der Waals surface area contributed by atoms with E-state index in [-0.39, 0.29) is 23.8 Å². The van der Waals surface area contributed by atoms with Gasteiger partial charge in [0.2, 0.25) is 11.8 Å². The van der Waals surface area contributed by atoms with Crippen LogP contribution in [-0.4, -0.2) is 77.6 Å². The summed E-state index contributed by atoms with van der Waals surface area (Å²) < 4.78 is 5.59. The molecule has 1 aromatic carbocycles. The minimum Gasteiger partial charge on any atom is -0.444 e. The molecule has 38 heavy (non-hydrogen) atoms. The Morgan fingerprint density at radius 3 is 2.34 bits per heavy atom. The number of hydrogen-bond acceptors (Lipinski definition) is 6. The van der Waals surface area contributed by atoms with Crippen molar-refractivity contribution in [1.82, 2.24) is 15.1 Å². The Balaban J connectivity index is 1.16. The molecule has 5 rings (SSSR count). The van der Waals surface area contributed by atoms with Crippen molar-refractivity contribution < 1.29 is 19.1 Å². The Hall–Kier alpha value is -3.28. The third-order valence-corrected chi connectivity index (χ3v) is 8.19. The van der Waals surface area contributed by atoms with Crippen LogP contribution in [0.4, 0.5) is 10.5 Å². The summed E-state index contributed by atoms with van der Waals surface area (Å²) in [7, 11) is 0. The number of likely N-dealkylation sites (tertiary alicyclic amines) is 1. The highest BCUT2D eigenvalue weighted by Crippen LogP contribution is 2.43. The predicted molar refractivity (Wildman–Crippen MR) is 142 cm³/mol. The number of piperazine rings is 1. The molecule has 0 radical (unpaired) electrons. The van der Waals surface area contributed by atoms with Gasteiger partial charge in [-0.3, -0.25) is 14.5 Å². The lowest BCUT2D eigenvalue weighted by Gasteiger charge is -2.36. The van der Waals surface area contributed by atoms with E-state index in [1.807, 2.05) is 49.9 Å². The highest BCUT2D eigenvalue weighted by molar-refractivity contribution is 5.87. The number of nitrogens with one attached hydrogen (secondary N) is 1. The maximum absolute atomic E-state index is 13.3. The van der Waals surface area contributed by atoms with Crippen molar-refractivity contribution in [2.24, 2.45) is 11.8 Å². The molecule has 3 amide bonds. The molecule has 2 saturated heterocycles. The van der Waals surface area contributed by atoms with Crippen molar-refractivity contribution in [3.05, 3.63) is 29.8 Å². The summed E-state index contributed by atoms with van der Waals surface area (Å²) >= 11 is 0. The molecule has 9 heteroatoms. The Morgan fingerprint density at radius 1 is 1.05 bits per heavy atom. The van der Waals surface area contributed by atoms with Gasteiger partial charge in [0.1, 0.15) is 17.7 Å². The molecule has 0 unspecified atom stereocenters. The van der Waals surface area contributed by atoms with Gasteiger partial charge in [-0.1, -0.05) is 12.1 Å². The van der Waals surface area contributed by atoms with Gasteiger partial charge in [0.25, 0.3) is 0 Å². The summed E-state index contributed by atoms with van der Waals surface area (Å²) in [5.41, 5.74) is 1.42. The molecule has 1 N–H and O–H groups in total.